The number of carbonyl (C=O) groups is 1. The van der Waals surface area contributed by atoms with Gasteiger partial charge in [-0.05, 0) is 56.3 Å². The van der Waals surface area contributed by atoms with Gasteiger partial charge in [-0.15, -0.1) is 0 Å². The summed E-state index contributed by atoms with van der Waals surface area (Å²) in [5.74, 6) is 1.16. The first-order valence-corrected chi connectivity index (χ1v) is 8.04. The van der Waals surface area contributed by atoms with Crippen molar-refractivity contribution in [3.63, 3.8) is 0 Å². The lowest BCUT2D eigenvalue weighted by molar-refractivity contribution is -0.122. The van der Waals surface area contributed by atoms with E-state index in [-0.39, 0.29) is 11.9 Å². The van der Waals surface area contributed by atoms with Crippen LogP contribution in [-0.2, 0) is 11.3 Å². The highest BCUT2D eigenvalue weighted by molar-refractivity contribution is 5.81. The van der Waals surface area contributed by atoms with Crippen LogP contribution in [0.1, 0.15) is 37.7 Å². The summed E-state index contributed by atoms with van der Waals surface area (Å²) in [7, 11) is 0. The van der Waals surface area contributed by atoms with Crippen molar-refractivity contribution in [2.24, 2.45) is 0 Å². The quantitative estimate of drug-likeness (QED) is 0.880. The van der Waals surface area contributed by atoms with Gasteiger partial charge in [0.15, 0.2) is 0 Å². The van der Waals surface area contributed by atoms with Crippen LogP contribution in [-0.4, -0.2) is 36.6 Å². The molecule has 0 aliphatic carbocycles. The van der Waals surface area contributed by atoms with Crippen molar-refractivity contribution >= 4 is 11.7 Å². The molecule has 3 heterocycles. The second kappa shape index (κ2) is 6.89. The van der Waals surface area contributed by atoms with Gasteiger partial charge in [0.2, 0.25) is 5.91 Å². The molecule has 0 bridgehead atoms. The third-order valence-corrected chi connectivity index (χ3v) is 4.33. The third kappa shape index (κ3) is 3.73. The summed E-state index contributed by atoms with van der Waals surface area (Å²) in [5, 5.41) is 6.25. The third-order valence-electron chi connectivity index (χ3n) is 4.33. The van der Waals surface area contributed by atoms with E-state index in [1.807, 2.05) is 12.3 Å². The number of hydrogen-bond donors (Lipinski definition) is 2. The second-order valence-electron chi connectivity index (χ2n) is 5.94. The van der Waals surface area contributed by atoms with Crippen molar-refractivity contribution in [3.05, 3.63) is 23.9 Å². The molecule has 21 heavy (non-hydrogen) atoms. The highest BCUT2D eigenvalue weighted by Crippen LogP contribution is 2.18. The standard InChI is InChI=1S/C16H24N4O/c21-16(14-5-4-7-17-14)19-12-13-6-8-18-15(11-13)20-9-2-1-3-10-20/h6,8,11,14,17H,1-5,7,9-10,12H2,(H,19,21). The molecule has 2 aliphatic heterocycles. The molecule has 114 valence electrons. The monoisotopic (exact) mass is 288 g/mol. The highest BCUT2D eigenvalue weighted by Gasteiger charge is 2.21. The van der Waals surface area contributed by atoms with Gasteiger partial charge in [-0.2, -0.15) is 0 Å². The molecule has 2 saturated heterocycles. The second-order valence-corrected chi connectivity index (χ2v) is 5.94. The molecule has 0 radical (unpaired) electrons. The zero-order valence-corrected chi connectivity index (χ0v) is 12.5. The van der Waals surface area contributed by atoms with E-state index in [4.69, 9.17) is 0 Å². The van der Waals surface area contributed by atoms with Gasteiger partial charge in [-0.3, -0.25) is 4.79 Å². The van der Waals surface area contributed by atoms with E-state index in [1.54, 1.807) is 0 Å². The number of nitrogens with one attached hydrogen (secondary N) is 2. The molecular weight excluding hydrogens is 264 g/mol. The molecule has 2 N–H and O–H groups in total. The fourth-order valence-corrected chi connectivity index (χ4v) is 3.09. The number of anilines is 1. The van der Waals surface area contributed by atoms with Crippen molar-refractivity contribution in [1.82, 2.24) is 15.6 Å². The largest absolute Gasteiger partial charge is 0.357 e. The van der Waals surface area contributed by atoms with Crippen LogP contribution in [0.5, 0.6) is 0 Å². The fourth-order valence-electron chi connectivity index (χ4n) is 3.09. The lowest BCUT2D eigenvalue weighted by Crippen LogP contribution is -2.40. The number of nitrogens with zero attached hydrogens (tertiary/aromatic N) is 2. The SMILES string of the molecule is O=C(NCc1ccnc(N2CCCCC2)c1)C1CCCN1. The zero-order chi connectivity index (χ0) is 14.5. The highest BCUT2D eigenvalue weighted by atomic mass is 16.2. The van der Waals surface area contributed by atoms with Gasteiger partial charge < -0.3 is 15.5 Å². The Morgan fingerprint density at radius 2 is 2.19 bits per heavy atom. The van der Waals surface area contributed by atoms with E-state index in [9.17, 15) is 4.79 Å². The van der Waals surface area contributed by atoms with E-state index in [2.05, 4.69) is 26.6 Å². The van der Waals surface area contributed by atoms with E-state index in [0.717, 1.165) is 43.9 Å². The first kappa shape index (κ1) is 14.3. The van der Waals surface area contributed by atoms with Gasteiger partial charge in [0, 0.05) is 25.8 Å². The lowest BCUT2D eigenvalue weighted by Gasteiger charge is -2.28. The summed E-state index contributed by atoms with van der Waals surface area (Å²) < 4.78 is 0. The maximum atomic E-state index is 12.0. The molecular formula is C16H24N4O. The van der Waals surface area contributed by atoms with Crippen LogP contribution in [0.15, 0.2) is 18.3 Å². The molecule has 1 aromatic heterocycles. The van der Waals surface area contributed by atoms with Crippen molar-refractivity contribution in [1.29, 1.82) is 0 Å². The molecule has 0 aromatic carbocycles. The Kier molecular flexibility index (Phi) is 4.70. The van der Waals surface area contributed by atoms with E-state index in [0.29, 0.717) is 6.54 Å². The summed E-state index contributed by atoms with van der Waals surface area (Å²) in [6, 6.07) is 4.08. The lowest BCUT2D eigenvalue weighted by atomic mass is 10.1. The number of aromatic nitrogens is 1. The van der Waals surface area contributed by atoms with Crippen LogP contribution in [0.3, 0.4) is 0 Å². The van der Waals surface area contributed by atoms with Crippen molar-refractivity contribution < 1.29 is 4.79 Å². The predicted octanol–water partition coefficient (Wildman–Crippen LogP) is 1.44. The topological polar surface area (TPSA) is 57.3 Å². The minimum atomic E-state index is -0.00611. The maximum Gasteiger partial charge on any atom is 0.237 e. The van der Waals surface area contributed by atoms with Crippen molar-refractivity contribution in [2.45, 2.75) is 44.7 Å². The van der Waals surface area contributed by atoms with E-state index >= 15 is 0 Å². The molecule has 1 atom stereocenters. The smallest absolute Gasteiger partial charge is 0.237 e. The van der Waals surface area contributed by atoms with Crippen molar-refractivity contribution in [2.75, 3.05) is 24.5 Å². The van der Waals surface area contributed by atoms with Crippen LogP contribution in [0.2, 0.25) is 0 Å². The van der Waals surface area contributed by atoms with E-state index < -0.39 is 0 Å². The van der Waals surface area contributed by atoms with Gasteiger partial charge in [0.1, 0.15) is 5.82 Å². The van der Waals surface area contributed by atoms with Crippen LogP contribution < -0.4 is 15.5 Å². The summed E-state index contributed by atoms with van der Waals surface area (Å²) >= 11 is 0. The number of pyridine rings is 1. The average Bonchev–Trinajstić information content (AvgIpc) is 3.08. The minimum absolute atomic E-state index is 0.00611. The average molecular weight is 288 g/mol. The Hall–Kier alpha value is -1.62. The summed E-state index contributed by atoms with van der Waals surface area (Å²) in [6.07, 6.45) is 7.69. The minimum Gasteiger partial charge on any atom is -0.357 e. The summed E-state index contributed by atoms with van der Waals surface area (Å²) in [6.45, 7) is 3.72. The molecule has 1 unspecified atom stereocenters. The Morgan fingerprint density at radius 1 is 1.33 bits per heavy atom. The molecule has 5 heteroatoms. The van der Waals surface area contributed by atoms with Crippen LogP contribution in [0.4, 0.5) is 5.82 Å². The molecule has 0 spiro atoms. The van der Waals surface area contributed by atoms with E-state index in [1.165, 1.54) is 19.3 Å². The number of amides is 1. The van der Waals surface area contributed by atoms with Gasteiger partial charge >= 0.3 is 0 Å². The van der Waals surface area contributed by atoms with Gasteiger partial charge in [-0.1, -0.05) is 0 Å². The Bertz CT molecular complexity index is 479. The normalized spacial score (nSPS) is 22.3. The Balaban J connectivity index is 1.56. The van der Waals surface area contributed by atoms with Gasteiger partial charge in [0.05, 0.1) is 6.04 Å². The Labute approximate surface area is 126 Å². The predicted molar refractivity (Wildman–Crippen MR) is 83.2 cm³/mol. The zero-order valence-electron chi connectivity index (χ0n) is 12.5. The summed E-state index contributed by atoms with van der Waals surface area (Å²) in [5.41, 5.74) is 1.12. The molecule has 1 amide bonds. The first-order chi connectivity index (χ1) is 10.3. The molecule has 2 aliphatic rings. The van der Waals surface area contributed by atoms with Crippen LogP contribution in [0, 0.1) is 0 Å². The number of rotatable bonds is 4. The van der Waals surface area contributed by atoms with Crippen molar-refractivity contribution in [3.8, 4) is 0 Å². The molecule has 3 rings (SSSR count). The fraction of sp³-hybridized carbons (Fsp3) is 0.625. The molecule has 5 nitrogen and oxygen atoms in total. The number of piperidine rings is 1. The maximum absolute atomic E-state index is 12.0. The van der Waals surface area contributed by atoms with Gasteiger partial charge in [0.25, 0.3) is 0 Å². The summed E-state index contributed by atoms with van der Waals surface area (Å²) in [4.78, 5) is 18.8. The van der Waals surface area contributed by atoms with Gasteiger partial charge in [-0.25, -0.2) is 4.98 Å². The molecule has 0 saturated carbocycles. The van der Waals surface area contributed by atoms with Crippen LogP contribution >= 0.6 is 0 Å². The number of carbonyl (C=O) groups excluding carboxylic acids is 1. The van der Waals surface area contributed by atoms with Crippen LogP contribution in [0.25, 0.3) is 0 Å². The Morgan fingerprint density at radius 3 is 2.95 bits per heavy atom. The first-order valence-electron chi connectivity index (χ1n) is 8.04. The molecule has 2 fully saturated rings. The molecule has 1 aromatic rings. The number of hydrogen-bond acceptors (Lipinski definition) is 4.